The number of benzene rings is 2. The number of rotatable bonds is 6. The highest BCUT2D eigenvalue weighted by Crippen LogP contribution is 2.32. The summed E-state index contributed by atoms with van der Waals surface area (Å²) in [6.07, 6.45) is 1.81. The summed E-state index contributed by atoms with van der Waals surface area (Å²) in [7, 11) is 1.50. The number of carbonyl (C=O) groups excluding carboxylic acids is 2. The smallest absolute Gasteiger partial charge is 0.289 e. The van der Waals surface area contributed by atoms with Gasteiger partial charge in [-0.3, -0.25) is 9.59 Å². The number of para-hydroxylation sites is 1. The highest BCUT2D eigenvalue weighted by Gasteiger charge is 2.23. The molecule has 0 bridgehead atoms. The van der Waals surface area contributed by atoms with E-state index in [0.29, 0.717) is 22.2 Å². The number of nitrogens with one attached hydrogen (secondary N) is 1. The lowest BCUT2D eigenvalue weighted by Gasteiger charge is -2.10. The lowest BCUT2D eigenvalue weighted by atomic mass is 10.2. The highest BCUT2D eigenvalue weighted by atomic mass is 32.2. The summed E-state index contributed by atoms with van der Waals surface area (Å²) in [5.41, 5.74) is 6.62. The molecule has 0 aromatic heterocycles. The SMILES string of the molecule is COc1ccc(/C=C2\SC(=O)NC2=Nc2ccccc2)cc1OCC(N)=O. The lowest BCUT2D eigenvalue weighted by molar-refractivity contribution is -0.119. The van der Waals surface area contributed by atoms with Crippen molar-refractivity contribution < 1.29 is 19.1 Å². The van der Waals surface area contributed by atoms with Crippen molar-refractivity contribution in [3.63, 3.8) is 0 Å². The molecule has 3 rings (SSSR count). The van der Waals surface area contributed by atoms with Crippen LogP contribution in [-0.4, -0.2) is 30.7 Å². The molecule has 1 heterocycles. The van der Waals surface area contributed by atoms with Crippen molar-refractivity contribution >= 4 is 40.5 Å². The molecular formula is C19H17N3O4S. The summed E-state index contributed by atoms with van der Waals surface area (Å²) in [5, 5.41) is 2.54. The fraction of sp³-hybridized carbons (Fsp3) is 0.105. The molecule has 1 fully saturated rings. The molecule has 3 N–H and O–H groups in total. The summed E-state index contributed by atoms with van der Waals surface area (Å²) >= 11 is 1.06. The first-order valence-corrected chi connectivity index (χ1v) is 8.80. The maximum absolute atomic E-state index is 11.8. The number of thioether (sulfide) groups is 1. The predicted molar refractivity (Wildman–Crippen MR) is 105 cm³/mol. The number of amides is 2. The van der Waals surface area contributed by atoms with E-state index < -0.39 is 5.91 Å². The molecule has 8 heteroatoms. The van der Waals surface area contributed by atoms with Crippen LogP contribution >= 0.6 is 11.8 Å². The van der Waals surface area contributed by atoms with Crippen molar-refractivity contribution in [2.75, 3.05) is 13.7 Å². The van der Waals surface area contributed by atoms with Gasteiger partial charge in [0.2, 0.25) is 0 Å². The van der Waals surface area contributed by atoms with E-state index in [-0.39, 0.29) is 11.8 Å². The number of carbonyl (C=O) groups is 2. The zero-order valence-corrected chi connectivity index (χ0v) is 15.3. The van der Waals surface area contributed by atoms with Gasteiger partial charge < -0.3 is 20.5 Å². The van der Waals surface area contributed by atoms with E-state index in [2.05, 4.69) is 10.3 Å². The minimum absolute atomic E-state index is 0.199. The molecule has 0 radical (unpaired) electrons. The summed E-state index contributed by atoms with van der Waals surface area (Å²) in [6, 6.07) is 14.6. The van der Waals surface area contributed by atoms with E-state index in [1.165, 1.54) is 7.11 Å². The van der Waals surface area contributed by atoms with Gasteiger partial charge in [0.05, 0.1) is 17.7 Å². The van der Waals surface area contributed by atoms with Gasteiger partial charge in [0.15, 0.2) is 18.1 Å². The van der Waals surface area contributed by atoms with Crippen LogP contribution in [0, 0.1) is 0 Å². The number of hydrogen-bond acceptors (Lipinski definition) is 6. The van der Waals surface area contributed by atoms with Gasteiger partial charge in [-0.15, -0.1) is 0 Å². The largest absolute Gasteiger partial charge is 0.493 e. The van der Waals surface area contributed by atoms with E-state index in [4.69, 9.17) is 15.2 Å². The van der Waals surface area contributed by atoms with Crippen LogP contribution in [0.1, 0.15) is 5.56 Å². The number of ether oxygens (including phenoxy) is 2. The molecule has 7 nitrogen and oxygen atoms in total. The Balaban J connectivity index is 1.91. The van der Waals surface area contributed by atoms with E-state index in [1.54, 1.807) is 18.2 Å². The molecule has 0 unspecified atom stereocenters. The van der Waals surface area contributed by atoms with Crippen molar-refractivity contribution in [2.45, 2.75) is 0 Å². The van der Waals surface area contributed by atoms with Crippen LogP contribution in [0.2, 0.25) is 0 Å². The highest BCUT2D eigenvalue weighted by molar-refractivity contribution is 8.18. The van der Waals surface area contributed by atoms with Crippen LogP contribution < -0.4 is 20.5 Å². The van der Waals surface area contributed by atoms with Gasteiger partial charge in [-0.25, -0.2) is 4.99 Å². The second-order valence-electron chi connectivity index (χ2n) is 5.48. The fourth-order valence-corrected chi connectivity index (χ4v) is 3.08. The Morgan fingerprint density at radius 2 is 2.00 bits per heavy atom. The van der Waals surface area contributed by atoms with Crippen LogP contribution in [0.15, 0.2) is 58.4 Å². The molecule has 1 aliphatic heterocycles. The first-order chi connectivity index (χ1) is 13.0. The van der Waals surface area contributed by atoms with Gasteiger partial charge in [-0.05, 0) is 47.7 Å². The third-order valence-electron chi connectivity index (χ3n) is 3.51. The topological polar surface area (TPSA) is 103 Å². The van der Waals surface area contributed by atoms with Crippen LogP contribution in [-0.2, 0) is 4.79 Å². The minimum atomic E-state index is -0.584. The first kappa shape index (κ1) is 18.5. The van der Waals surface area contributed by atoms with Gasteiger partial charge in [0, 0.05) is 0 Å². The van der Waals surface area contributed by atoms with Gasteiger partial charge in [0.1, 0.15) is 5.84 Å². The fourth-order valence-electron chi connectivity index (χ4n) is 2.34. The number of amidine groups is 1. The van der Waals surface area contributed by atoms with Crippen LogP contribution in [0.4, 0.5) is 10.5 Å². The molecule has 27 heavy (non-hydrogen) atoms. The molecular weight excluding hydrogens is 366 g/mol. The van der Waals surface area contributed by atoms with Crippen LogP contribution in [0.25, 0.3) is 6.08 Å². The van der Waals surface area contributed by atoms with E-state index in [0.717, 1.165) is 23.0 Å². The van der Waals surface area contributed by atoms with Gasteiger partial charge in [0.25, 0.3) is 11.1 Å². The van der Waals surface area contributed by atoms with Crippen molar-refractivity contribution in [2.24, 2.45) is 10.7 Å². The molecule has 2 amide bonds. The molecule has 0 atom stereocenters. The Morgan fingerprint density at radius 1 is 1.22 bits per heavy atom. The minimum Gasteiger partial charge on any atom is -0.493 e. The van der Waals surface area contributed by atoms with E-state index >= 15 is 0 Å². The summed E-state index contributed by atoms with van der Waals surface area (Å²) in [5.74, 6) is 0.755. The molecule has 1 saturated heterocycles. The van der Waals surface area contributed by atoms with Gasteiger partial charge in [-0.2, -0.15) is 0 Å². The Hall–Kier alpha value is -3.26. The Kier molecular flexibility index (Phi) is 5.77. The average molecular weight is 383 g/mol. The predicted octanol–water partition coefficient (Wildman–Crippen LogP) is 3.09. The van der Waals surface area contributed by atoms with Gasteiger partial charge in [-0.1, -0.05) is 24.3 Å². The van der Waals surface area contributed by atoms with Crippen LogP contribution in [0.3, 0.4) is 0 Å². The lowest BCUT2D eigenvalue weighted by Crippen LogP contribution is -2.20. The third-order valence-corrected chi connectivity index (χ3v) is 4.33. The van der Waals surface area contributed by atoms with Crippen molar-refractivity contribution in [1.29, 1.82) is 0 Å². The summed E-state index contributed by atoms with van der Waals surface area (Å²) in [4.78, 5) is 27.9. The normalized spacial score (nSPS) is 16.4. The molecule has 138 valence electrons. The monoisotopic (exact) mass is 383 g/mol. The van der Waals surface area contributed by atoms with E-state index in [1.807, 2.05) is 36.4 Å². The molecule has 0 saturated carbocycles. The average Bonchev–Trinajstić information content (AvgIpc) is 2.99. The number of nitrogens with two attached hydrogens (primary N) is 1. The zero-order valence-electron chi connectivity index (χ0n) is 14.5. The van der Waals surface area contributed by atoms with E-state index in [9.17, 15) is 9.59 Å². The molecule has 1 aliphatic rings. The number of aliphatic imine (C=N–C) groups is 1. The zero-order chi connectivity index (χ0) is 19.2. The van der Waals surface area contributed by atoms with Crippen molar-refractivity contribution in [3.8, 4) is 11.5 Å². The Bertz CT molecular complexity index is 926. The van der Waals surface area contributed by atoms with Crippen molar-refractivity contribution in [1.82, 2.24) is 5.32 Å². The van der Waals surface area contributed by atoms with Crippen molar-refractivity contribution in [3.05, 3.63) is 59.0 Å². The second-order valence-corrected chi connectivity index (χ2v) is 6.50. The summed E-state index contributed by atoms with van der Waals surface area (Å²) in [6.45, 7) is -0.258. The first-order valence-electron chi connectivity index (χ1n) is 7.99. The second kappa shape index (κ2) is 8.41. The number of hydrogen-bond donors (Lipinski definition) is 2. The number of primary amides is 1. The standard InChI is InChI=1S/C19H17N3O4S/c1-25-14-8-7-12(9-15(14)26-11-17(20)23)10-16-18(22-19(24)27-16)21-13-5-3-2-4-6-13/h2-10H,11H2,1H3,(H2,20,23)(H,21,22,24)/b16-10-. The molecule has 2 aromatic rings. The molecule has 2 aromatic carbocycles. The quantitative estimate of drug-likeness (QED) is 0.798. The Morgan fingerprint density at radius 3 is 2.70 bits per heavy atom. The maximum Gasteiger partial charge on any atom is 0.289 e. The van der Waals surface area contributed by atoms with Crippen LogP contribution in [0.5, 0.6) is 11.5 Å². The maximum atomic E-state index is 11.8. The number of methoxy groups -OCH3 is 1. The Labute approximate surface area is 160 Å². The third kappa shape index (κ3) is 4.89. The molecule has 0 spiro atoms. The molecule has 0 aliphatic carbocycles. The summed E-state index contributed by atoms with van der Waals surface area (Å²) < 4.78 is 10.6. The number of nitrogens with zero attached hydrogens (tertiary/aromatic N) is 1. The van der Waals surface area contributed by atoms with Gasteiger partial charge >= 0.3 is 0 Å².